The van der Waals surface area contributed by atoms with Crippen molar-refractivity contribution in [1.29, 1.82) is 0 Å². The largest absolute Gasteiger partial charge is 0.497 e. The van der Waals surface area contributed by atoms with Gasteiger partial charge in [0, 0.05) is 31.7 Å². The fraction of sp³-hybridized carbons (Fsp3) is 0.581. The molecule has 0 bridgehead atoms. The lowest BCUT2D eigenvalue weighted by atomic mass is 9.85. The van der Waals surface area contributed by atoms with Crippen molar-refractivity contribution in [3.05, 3.63) is 29.8 Å². The van der Waals surface area contributed by atoms with Gasteiger partial charge in [-0.3, -0.25) is 33.6 Å². The van der Waals surface area contributed by atoms with Crippen molar-refractivity contribution in [2.75, 3.05) is 38.2 Å². The number of amides is 7. The van der Waals surface area contributed by atoms with Gasteiger partial charge in [-0.05, 0) is 23.1 Å². The molecule has 10 N–H and O–H groups in total. The first-order valence-corrected chi connectivity index (χ1v) is 16.8. The molecule has 0 spiro atoms. The summed E-state index contributed by atoms with van der Waals surface area (Å²) in [4.78, 5) is 93.1. The van der Waals surface area contributed by atoms with E-state index in [0.29, 0.717) is 11.3 Å². The van der Waals surface area contributed by atoms with E-state index in [1.165, 1.54) is 12.0 Å². The Bertz CT molecular complexity index is 1400. The fourth-order valence-electron chi connectivity index (χ4n) is 5.30. The summed E-state index contributed by atoms with van der Waals surface area (Å²) in [6.45, 7) is 4.04. The summed E-state index contributed by atoms with van der Waals surface area (Å²) in [6.07, 6.45) is -1.19. The van der Waals surface area contributed by atoms with Crippen LogP contribution in [0.25, 0.3) is 0 Å². The molecule has 0 radical (unpaired) electrons. The standard InChI is InChI=1S/C31H46N8O9S/c1-31(2,3)25-30(47)39-13-17(40)10-22(39)29(46)36-19(9-16-5-7-18(48-4)8-6-16)27(44)34-12-23(41)35-20(11-32)28(45)37-21(26(33)43)14-49-15-24(42)38-25/h5-8,17,19-22,25,40H,9-15,32H2,1-4H3,(H2,33,43)(H,34,44)(H,35,41)(H,36,46)(H,37,45)(H,38,42)/t17-,19+,20-,21-,22+,25-/m1/s1. The minimum absolute atomic E-state index is 0.0208. The van der Waals surface area contributed by atoms with Gasteiger partial charge in [-0.25, -0.2) is 0 Å². The minimum Gasteiger partial charge on any atom is -0.497 e. The maximum atomic E-state index is 14.0. The van der Waals surface area contributed by atoms with Crippen LogP contribution in [-0.4, -0.2) is 126 Å². The van der Waals surface area contributed by atoms with Gasteiger partial charge < -0.3 is 52.8 Å². The van der Waals surface area contributed by atoms with Crippen molar-refractivity contribution in [2.45, 2.75) is 69.9 Å². The molecule has 0 saturated carbocycles. The number of aliphatic hydroxyl groups excluding tert-OH is 1. The Kier molecular flexibility index (Phi) is 13.8. The van der Waals surface area contributed by atoms with Crippen LogP contribution in [0.1, 0.15) is 32.8 Å². The van der Waals surface area contributed by atoms with E-state index in [-0.39, 0.29) is 37.4 Å². The number of hydrogen-bond acceptors (Lipinski definition) is 11. The lowest BCUT2D eigenvalue weighted by Gasteiger charge is -2.35. The normalized spacial score (nSPS) is 27.0. The molecule has 17 nitrogen and oxygen atoms in total. The molecule has 3 rings (SSSR count). The number of aliphatic hydroxyl groups is 1. The van der Waals surface area contributed by atoms with E-state index in [2.05, 4.69) is 26.6 Å². The Balaban J connectivity index is 1.97. The van der Waals surface area contributed by atoms with Crippen molar-refractivity contribution >= 4 is 53.1 Å². The molecular weight excluding hydrogens is 660 g/mol. The second kappa shape index (κ2) is 17.3. The number of primary amides is 1. The highest BCUT2D eigenvalue weighted by molar-refractivity contribution is 8.00. The van der Waals surface area contributed by atoms with E-state index in [1.807, 2.05) is 0 Å². The van der Waals surface area contributed by atoms with Crippen LogP contribution in [0.2, 0.25) is 0 Å². The monoisotopic (exact) mass is 706 g/mol. The van der Waals surface area contributed by atoms with Crippen LogP contribution < -0.4 is 42.8 Å². The number of hydrogen-bond donors (Lipinski definition) is 8. The van der Waals surface area contributed by atoms with Crippen molar-refractivity contribution in [2.24, 2.45) is 16.9 Å². The van der Waals surface area contributed by atoms with Crippen LogP contribution in [0.5, 0.6) is 5.75 Å². The average Bonchev–Trinajstić information content (AvgIpc) is 3.44. The first-order valence-electron chi connectivity index (χ1n) is 15.7. The van der Waals surface area contributed by atoms with Gasteiger partial charge in [-0.15, -0.1) is 11.8 Å². The molecule has 7 amide bonds. The highest BCUT2D eigenvalue weighted by atomic mass is 32.2. The number of benzene rings is 1. The lowest BCUT2D eigenvalue weighted by Crippen LogP contribution is -2.59. The minimum atomic E-state index is -1.29. The third kappa shape index (κ3) is 11.0. The van der Waals surface area contributed by atoms with Crippen LogP contribution >= 0.6 is 11.8 Å². The average molecular weight is 707 g/mol. The quantitative estimate of drug-likeness (QED) is 0.149. The van der Waals surface area contributed by atoms with Gasteiger partial charge in [-0.2, -0.15) is 0 Å². The zero-order chi connectivity index (χ0) is 36.5. The SMILES string of the molecule is COc1ccc(C[C@@H]2NC(=O)[C@@H]3C[C@@H](O)CN3C(=O)[C@H](C(C)(C)C)NC(=O)CSC[C@H](C(N)=O)NC(=O)[C@@H](CN)NC(=O)CNC2=O)cc1. The van der Waals surface area contributed by atoms with E-state index in [0.717, 1.165) is 11.8 Å². The molecule has 270 valence electrons. The molecule has 18 heteroatoms. The maximum Gasteiger partial charge on any atom is 0.246 e. The van der Waals surface area contributed by atoms with E-state index >= 15 is 0 Å². The topological polar surface area (TPSA) is 264 Å². The number of thioether (sulfide) groups is 1. The molecule has 2 heterocycles. The van der Waals surface area contributed by atoms with Crippen molar-refractivity contribution < 1.29 is 43.4 Å². The summed E-state index contributed by atoms with van der Waals surface area (Å²) in [5.41, 5.74) is 11.0. The maximum absolute atomic E-state index is 14.0. The van der Waals surface area contributed by atoms with Gasteiger partial charge in [0.2, 0.25) is 41.4 Å². The number of carbonyl (C=O) groups excluding carboxylic acids is 7. The molecule has 1 aromatic rings. The van der Waals surface area contributed by atoms with Gasteiger partial charge in [0.15, 0.2) is 0 Å². The van der Waals surface area contributed by atoms with E-state index < -0.39 is 89.6 Å². The Morgan fingerprint density at radius 1 is 0.959 bits per heavy atom. The Labute approximate surface area is 288 Å². The Morgan fingerprint density at radius 2 is 1.63 bits per heavy atom. The van der Waals surface area contributed by atoms with Gasteiger partial charge in [0.1, 0.15) is 36.0 Å². The molecule has 1 aromatic carbocycles. The molecule has 6 atom stereocenters. The summed E-state index contributed by atoms with van der Waals surface area (Å²) in [7, 11) is 1.50. The molecule has 0 unspecified atom stereocenters. The van der Waals surface area contributed by atoms with Crippen LogP contribution in [0.15, 0.2) is 24.3 Å². The Morgan fingerprint density at radius 3 is 2.22 bits per heavy atom. The van der Waals surface area contributed by atoms with E-state index in [1.54, 1.807) is 45.0 Å². The number of nitrogens with one attached hydrogen (secondary N) is 5. The summed E-state index contributed by atoms with van der Waals surface area (Å²) >= 11 is 0.969. The number of ether oxygens (including phenoxy) is 1. The van der Waals surface area contributed by atoms with E-state index in [9.17, 15) is 38.7 Å². The highest BCUT2D eigenvalue weighted by Crippen LogP contribution is 2.26. The van der Waals surface area contributed by atoms with Crippen LogP contribution in [0, 0.1) is 5.41 Å². The number of methoxy groups -OCH3 is 1. The molecule has 0 aliphatic carbocycles. The number of rotatable bonds is 5. The number of carbonyl (C=O) groups is 7. The predicted octanol–water partition coefficient (Wildman–Crippen LogP) is -3.51. The summed E-state index contributed by atoms with van der Waals surface area (Å²) in [5.74, 6) is -4.91. The van der Waals surface area contributed by atoms with Gasteiger partial charge >= 0.3 is 0 Å². The van der Waals surface area contributed by atoms with Gasteiger partial charge in [0.25, 0.3) is 0 Å². The third-order valence-electron chi connectivity index (χ3n) is 8.00. The summed E-state index contributed by atoms with van der Waals surface area (Å²) < 4.78 is 5.19. The van der Waals surface area contributed by atoms with E-state index in [4.69, 9.17) is 16.2 Å². The third-order valence-corrected chi connectivity index (χ3v) is 9.04. The first kappa shape index (κ1) is 39.0. The van der Waals surface area contributed by atoms with Crippen molar-refractivity contribution in [3.63, 3.8) is 0 Å². The van der Waals surface area contributed by atoms with Crippen LogP contribution in [0.3, 0.4) is 0 Å². The van der Waals surface area contributed by atoms with Gasteiger partial charge in [-0.1, -0.05) is 32.9 Å². The zero-order valence-electron chi connectivity index (χ0n) is 27.9. The van der Waals surface area contributed by atoms with Crippen LogP contribution in [-0.2, 0) is 40.0 Å². The molecule has 2 aliphatic rings. The lowest BCUT2D eigenvalue weighted by molar-refractivity contribution is -0.144. The van der Waals surface area contributed by atoms with Gasteiger partial charge in [0.05, 0.1) is 25.5 Å². The number of fused-ring (bicyclic) bond motifs is 1. The first-order chi connectivity index (χ1) is 23.0. The number of nitrogens with zero attached hydrogens (tertiary/aromatic N) is 1. The molecule has 2 saturated heterocycles. The molecule has 49 heavy (non-hydrogen) atoms. The molecule has 0 aromatic heterocycles. The molecule has 2 aliphatic heterocycles. The van der Waals surface area contributed by atoms with Crippen molar-refractivity contribution in [1.82, 2.24) is 31.5 Å². The second-order valence-electron chi connectivity index (χ2n) is 12.9. The molecular formula is C31H46N8O9S. The number of nitrogens with two attached hydrogens (primary N) is 2. The summed E-state index contributed by atoms with van der Waals surface area (Å²) in [5, 5.41) is 23.2. The van der Waals surface area contributed by atoms with Crippen LogP contribution in [0.4, 0.5) is 0 Å². The van der Waals surface area contributed by atoms with Crippen molar-refractivity contribution in [3.8, 4) is 5.75 Å². The Hall–Kier alpha value is -4.42. The predicted molar refractivity (Wildman–Crippen MR) is 179 cm³/mol. The zero-order valence-corrected chi connectivity index (χ0v) is 28.8. The highest BCUT2D eigenvalue weighted by Gasteiger charge is 2.45. The fourth-order valence-corrected chi connectivity index (χ4v) is 6.17. The summed E-state index contributed by atoms with van der Waals surface area (Å²) in [6, 6.07) is 0.669. The molecule has 2 fully saturated rings. The second-order valence-corrected chi connectivity index (χ2v) is 14.0. The smallest absolute Gasteiger partial charge is 0.246 e.